The van der Waals surface area contributed by atoms with Gasteiger partial charge in [0.25, 0.3) is 5.91 Å². The molecule has 0 saturated heterocycles. The molecule has 1 N–H and O–H groups in total. The van der Waals surface area contributed by atoms with E-state index < -0.39 is 0 Å². The smallest absolute Gasteiger partial charge is 0.274 e. The summed E-state index contributed by atoms with van der Waals surface area (Å²) < 4.78 is 7.98. The van der Waals surface area contributed by atoms with E-state index in [0.29, 0.717) is 18.7 Å². The zero-order valence-corrected chi connectivity index (χ0v) is 15.7. The molecule has 0 aromatic carbocycles. The molecule has 8 heteroatoms. The van der Waals surface area contributed by atoms with E-state index >= 15 is 0 Å². The Kier molecular flexibility index (Phi) is 4.52. The Morgan fingerprint density at radius 3 is 3.00 bits per heavy atom. The number of hydrogen-bond donors (Lipinski definition) is 1. The van der Waals surface area contributed by atoms with Gasteiger partial charge in [0.05, 0.1) is 24.4 Å². The van der Waals surface area contributed by atoms with Gasteiger partial charge in [0.2, 0.25) is 0 Å². The van der Waals surface area contributed by atoms with Gasteiger partial charge in [-0.3, -0.25) is 9.89 Å². The summed E-state index contributed by atoms with van der Waals surface area (Å²) in [6.07, 6.45) is 5.19. The van der Waals surface area contributed by atoms with Crippen LogP contribution >= 0.6 is 0 Å². The van der Waals surface area contributed by atoms with Crippen LogP contribution in [0.3, 0.4) is 0 Å². The third-order valence-electron chi connectivity index (χ3n) is 5.35. The highest BCUT2D eigenvalue weighted by Gasteiger charge is 2.31. The topological polar surface area (TPSA) is 88.9 Å². The highest BCUT2D eigenvalue weighted by molar-refractivity contribution is 5.93. The van der Waals surface area contributed by atoms with Crippen LogP contribution in [0.25, 0.3) is 0 Å². The van der Waals surface area contributed by atoms with Crippen LogP contribution in [-0.2, 0) is 30.7 Å². The van der Waals surface area contributed by atoms with E-state index in [-0.39, 0.29) is 18.1 Å². The average molecular weight is 358 g/mol. The molecule has 8 nitrogen and oxygen atoms in total. The van der Waals surface area contributed by atoms with Gasteiger partial charge in [0, 0.05) is 32.0 Å². The molecule has 2 aliphatic heterocycles. The number of carbonyl (C=O) groups is 1. The fourth-order valence-corrected chi connectivity index (χ4v) is 3.98. The largest absolute Gasteiger partial charge is 0.369 e. The number of hydrogen-bond acceptors (Lipinski definition) is 5. The second-order valence-corrected chi connectivity index (χ2v) is 7.41. The zero-order chi connectivity index (χ0) is 18.3. The maximum Gasteiger partial charge on any atom is 0.274 e. The summed E-state index contributed by atoms with van der Waals surface area (Å²) in [4.78, 5) is 14.7. The van der Waals surface area contributed by atoms with Crippen molar-refractivity contribution >= 4 is 5.91 Å². The average Bonchev–Trinajstić information content (AvgIpc) is 3.11. The van der Waals surface area contributed by atoms with E-state index in [2.05, 4.69) is 25.0 Å². The van der Waals surface area contributed by atoms with Crippen LogP contribution in [0.15, 0.2) is 0 Å². The van der Waals surface area contributed by atoms with Crippen LogP contribution in [0.4, 0.5) is 0 Å². The summed E-state index contributed by atoms with van der Waals surface area (Å²) in [6, 6.07) is 0. The van der Waals surface area contributed by atoms with Crippen molar-refractivity contribution in [3.63, 3.8) is 0 Å². The number of H-pyrrole nitrogens is 1. The minimum atomic E-state index is -0.0882. The molecule has 2 aromatic heterocycles. The van der Waals surface area contributed by atoms with Crippen LogP contribution < -0.4 is 0 Å². The lowest BCUT2D eigenvalue weighted by Gasteiger charge is -2.25. The third kappa shape index (κ3) is 3.02. The fraction of sp³-hybridized carbons (Fsp3) is 0.667. The van der Waals surface area contributed by atoms with E-state index in [9.17, 15) is 4.79 Å². The molecule has 1 amide bonds. The van der Waals surface area contributed by atoms with Gasteiger partial charge in [-0.25, -0.2) is 0 Å². The van der Waals surface area contributed by atoms with Gasteiger partial charge in [-0.2, -0.15) is 5.10 Å². The first kappa shape index (κ1) is 17.2. The van der Waals surface area contributed by atoms with Crippen LogP contribution in [-0.4, -0.2) is 48.9 Å². The Morgan fingerprint density at radius 1 is 1.31 bits per heavy atom. The van der Waals surface area contributed by atoms with E-state index in [1.165, 1.54) is 6.42 Å². The molecule has 2 atom stereocenters. The second-order valence-electron chi connectivity index (χ2n) is 7.41. The maximum atomic E-state index is 13.0. The standard InChI is InChI=1S/C18H26N6O2/c1-11-9-13-16(12(2)26-11)21-22-17(13)18(25)23(3)10-15-20-19-14-7-5-4-6-8-24(14)15/h11-12H,4-10H2,1-3H3,(H,21,22)/t11-,12+/m1/s1. The number of ether oxygens (including phenoxy) is 1. The first-order valence-electron chi connectivity index (χ1n) is 9.43. The summed E-state index contributed by atoms with van der Waals surface area (Å²) in [6.45, 7) is 5.38. The molecule has 2 aromatic rings. The monoisotopic (exact) mass is 358 g/mol. The number of aromatic amines is 1. The molecule has 0 unspecified atom stereocenters. The molecule has 0 saturated carbocycles. The predicted molar refractivity (Wildman–Crippen MR) is 94.6 cm³/mol. The number of aryl methyl sites for hydroxylation is 1. The van der Waals surface area contributed by atoms with Crippen LogP contribution in [0.2, 0.25) is 0 Å². The van der Waals surface area contributed by atoms with Gasteiger partial charge in [-0.15, -0.1) is 10.2 Å². The summed E-state index contributed by atoms with van der Waals surface area (Å²) >= 11 is 0. The number of nitrogens with zero attached hydrogens (tertiary/aromatic N) is 5. The lowest BCUT2D eigenvalue weighted by Crippen LogP contribution is -2.30. The lowest BCUT2D eigenvalue weighted by molar-refractivity contribution is -0.00701. The number of amides is 1. The maximum absolute atomic E-state index is 13.0. The van der Waals surface area contributed by atoms with Crippen LogP contribution in [0, 0.1) is 0 Å². The summed E-state index contributed by atoms with van der Waals surface area (Å²) in [5.74, 6) is 1.80. The Bertz CT molecular complexity index is 811. The Balaban J connectivity index is 1.54. The molecule has 4 heterocycles. The molecule has 0 aliphatic carbocycles. The van der Waals surface area contributed by atoms with E-state index in [4.69, 9.17) is 4.74 Å². The Labute approximate surface area is 152 Å². The molecule has 0 radical (unpaired) electrons. The van der Waals surface area contributed by atoms with Crippen molar-refractivity contribution in [3.05, 3.63) is 28.6 Å². The minimum absolute atomic E-state index is 0.0691. The van der Waals surface area contributed by atoms with Gasteiger partial charge >= 0.3 is 0 Å². The molecule has 140 valence electrons. The molecular formula is C18H26N6O2. The van der Waals surface area contributed by atoms with E-state index in [1.54, 1.807) is 11.9 Å². The van der Waals surface area contributed by atoms with Gasteiger partial charge in [0.1, 0.15) is 5.82 Å². The van der Waals surface area contributed by atoms with Crippen molar-refractivity contribution in [2.45, 2.75) is 71.2 Å². The molecular weight excluding hydrogens is 332 g/mol. The molecule has 0 fully saturated rings. The second kappa shape index (κ2) is 6.83. The highest BCUT2D eigenvalue weighted by atomic mass is 16.5. The molecule has 0 bridgehead atoms. The van der Waals surface area contributed by atoms with Crippen molar-refractivity contribution < 1.29 is 9.53 Å². The highest BCUT2D eigenvalue weighted by Crippen LogP contribution is 2.30. The number of fused-ring (bicyclic) bond motifs is 2. The predicted octanol–water partition coefficient (Wildman–Crippen LogP) is 2.02. The minimum Gasteiger partial charge on any atom is -0.369 e. The van der Waals surface area contributed by atoms with Crippen molar-refractivity contribution in [2.75, 3.05) is 7.05 Å². The van der Waals surface area contributed by atoms with Crippen LogP contribution in [0.5, 0.6) is 0 Å². The zero-order valence-electron chi connectivity index (χ0n) is 15.7. The van der Waals surface area contributed by atoms with Gasteiger partial charge < -0.3 is 14.2 Å². The Morgan fingerprint density at radius 2 is 2.15 bits per heavy atom. The van der Waals surface area contributed by atoms with Gasteiger partial charge in [-0.1, -0.05) is 6.42 Å². The molecule has 26 heavy (non-hydrogen) atoms. The number of carbonyl (C=O) groups excluding carboxylic acids is 1. The molecule has 4 rings (SSSR count). The van der Waals surface area contributed by atoms with E-state index in [1.807, 2.05) is 13.8 Å². The first-order valence-corrected chi connectivity index (χ1v) is 9.43. The van der Waals surface area contributed by atoms with Crippen molar-refractivity contribution in [3.8, 4) is 0 Å². The summed E-state index contributed by atoms with van der Waals surface area (Å²) in [7, 11) is 1.80. The molecule has 2 aliphatic rings. The van der Waals surface area contributed by atoms with Gasteiger partial charge in [-0.05, 0) is 26.7 Å². The number of rotatable bonds is 3. The van der Waals surface area contributed by atoms with Gasteiger partial charge in [0.15, 0.2) is 11.5 Å². The lowest BCUT2D eigenvalue weighted by atomic mass is 9.99. The van der Waals surface area contributed by atoms with Crippen molar-refractivity contribution in [2.24, 2.45) is 0 Å². The van der Waals surface area contributed by atoms with Crippen molar-refractivity contribution in [1.29, 1.82) is 0 Å². The van der Waals surface area contributed by atoms with Crippen LogP contribution in [0.1, 0.15) is 72.6 Å². The third-order valence-corrected chi connectivity index (χ3v) is 5.35. The van der Waals surface area contributed by atoms with Crippen molar-refractivity contribution in [1.82, 2.24) is 29.9 Å². The normalized spacial score (nSPS) is 22.4. The first-order chi connectivity index (χ1) is 12.5. The fourth-order valence-electron chi connectivity index (χ4n) is 3.98. The summed E-state index contributed by atoms with van der Waals surface area (Å²) in [5.41, 5.74) is 2.39. The van der Waals surface area contributed by atoms with E-state index in [0.717, 1.165) is 48.7 Å². The molecule has 0 spiro atoms. The SMILES string of the molecule is C[C@@H]1Cc2c(C(=O)N(C)Cc3nnc4n3CCCCC4)n[nH]c2[C@H](C)O1. The number of aromatic nitrogens is 5. The summed E-state index contributed by atoms with van der Waals surface area (Å²) in [5, 5.41) is 15.9. The number of nitrogens with one attached hydrogen (secondary N) is 1. The quantitative estimate of drug-likeness (QED) is 0.907. The Hall–Kier alpha value is -2.22.